The molecule has 0 aliphatic heterocycles. The molecule has 0 aromatic carbocycles. The molecule has 0 fully saturated rings. The van der Waals surface area contributed by atoms with Crippen LogP contribution in [-0.4, -0.2) is 31.4 Å². The van der Waals surface area contributed by atoms with E-state index in [1.165, 1.54) is 6.20 Å². The third-order valence-corrected chi connectivity index (χ3v) is 1.12. The van der Waals surface area contributed by atoms with Crippen molar-refractivity contribution in [1.82, 2.24) is 15.2 Å². The number of nitrogens with zero attached hydrogens (tertiary/aromatic N) is 3. The summed E-state index contributed by atoms with van der Waals surface area (Å²) in [7, 11) is 0. The first-order valence-electron chi connectivity index (χ1n) is 3.01. The normalized spacial score (nSPS) is 9.82. The van der Waals surface area contributed by atoms with Gasteiger partial charge in [0.15, 0.2) is 0 Å². The number of aryl methyl sites for hydroxylation is 1. The molecule has 0 unspecified atom stereocenters. The van der Waals surface area contributed by atoms with Crippen LogP contribution in [0.1, 0.15) is 12.1 Å². The van der Waals surface area contributed by atoms with E-state index >= 15 is 0 Å². The maximum atomic E-state index is 10.1. The average molecular weight is 157 g/mol. The average Bonchev–Trinajstić information content (AvgIpc) is 2.31. The Balaban J connectivity index is 2.45. The Labute approximate surface area is 62.0 Å². The van der Waals surface area contributed by atoms with Crippen molar-refractivity contribution in [2.75, 3.05) is 0 Å². The van der Waals surface area contributed by atoms with Gasteiger partial charge in [-0.3, -0.25) is 4.79 Å². The summed E-state index contributed by atoms with van der Waals surface area (Å²) in [5, 5.41) is 23.6. The standard InChI is InChI=1S/C5H7N3O3/c9-5(10)2-1-4-3-8(11)7-6-4/h3,11H,1-2H2,(H,9,10). The summed E-state index contributed by atoms with van der Waals surface area (Å²) in [4.78, 5) is 10.6. The second-order valence-corrected chi connectivity index (χ2v) is 2.02. The fourth-order valence-corrected chi connectivity index (χ4v) is 0.638. The Kier molecular flexibility index (Phi) is 2.05. The first-order chi connectivity index (χ1) is 5.18. The lowest BCUT2D eigenvalue weighted by Crippen LogP contribution is -1.97. The summed E-state index contributed by atoms with van der Waals surface area (Å²) in [6.07, 6.45) is 1.55. The van der Waals surface area contributed by atoms with Crippen molar-refractivity contribution < 1.29 is 15.1 Å². The van der Waals surface area contributed by atoms with Crippen LogP contribution in [0.4, 0.5) is 0 Å². The van der Waals surface area contributed by atoms with Crippen LogP contribution in [0.5, 0.6) is 0 Å². The van der Waals surface area contributed by atoms with Gasteiger partial charge in [-0.1, -0.05) is 4.85 Å². The van der Waals surface area contributed by atoms with Crippen molar-refractivity contribution in [1.29, 1.82) is 0 Å². The number of rotatable bonds is 3. The van der Waals surface area contributed by atoms with Gasteiger partial charge in [-0.05, 0) is 5.21 Å². The Morgan fingerprint density at radius 3 is 2.91 bits per heavy atom. The summed E-state index contributed by atoms with van der Waals surface area (Å²) in [5.41, 5.74) is 0.468. The molecule has 60 valence electrons. The molecule has 2 N–H and O–H groups in total. The van der Waals surface area contributed by atoms with Gasteiger partial charge in [-0.25, -0.2) is 0 Å². The topological polar surface area (TPSA) is 88.2 Å². The highest BCUT2D eigenvalue weighted by Gasteiger charge is 2.02. The largest absolute Gasteiger partial charge is 0.481 e. The van der Waals surface area contributed by atoms with Gasteiger partial charge in [0.25, 0.3) is 0 Å². The van der Waals surface area contributed by atoms with Gasteiger partial charge in [0.05, 0.1) is 18.3 Å². The molecule has 1 aromatic rings. The van der Waals surface area contributed by atoms with Crippen molar-refractivity contribution in [2.24, 2.45) is 0 Å². The van der Waals surface area contributed by atoms with Gasteiger partial charge < -0.3 is 10.3 Å². The SMILES string of the molecule is O=C(O)CCc1cn(O)nn1. The van der Waals surface area contributed by atoms with E-state index in [2.05, 4.69) is 10.3 Å². The number of carboxylic acid groups (broad SMARTS) is 1. The van der Waals surface area contributed by atoms with Gasteiger partial charge in [0.1, 0.15) is 0 Å². The molecule has 11 heavy (non-hydrogen) atoms. The first kappa shape index (κ1) is 7.52. The van der Waals surface area contributed by atoms with Gasteiger partial charge in [0.2, 0.25) is 0 Å². The van der Waals surface area contributed by atoms with Crippen molar-refractivity contribution in [3.8, 4) is 0 Å². The lowest BCUT2D eigenvalue weighted by molar-refractivity contribution is -0.136. The lowest BCUT2D eigenvalue weighted by Gasteiger charge is -1.87. The van der Waals surface area contributed by atoms with Crippen LogP contribution in [0.3, 0.4) is 0 Å². The van der Waals surface area contributed by atoms with Crippen LogP contribution >= 0.6 is 0 Å². The van der Waals surface area contributed by atoms with Crippen LogP contribution in [0.2, 0.25) is 0 Å². The molecular weight excluding hydrogens is 150 g/mol. The zero-order chi connectivity index (χ0) is 8.27. The zero-order valence-electron chi connectivity index (χ0n) is 5.64. The van der Waals surface area contributed by atoms with Crippen molar-refractivity contribution in [2.45, 2.75) is 12.8 Å². The molecule has 6 heteroatoms. The predicted molar refractivity (Wildman–Crippen MR) is 33.2 cm³/mol. The fraction of sp³-hybridized carbons (Fsp3) is 0.400. The van der Waals surface area contributed by atoms with Gasteiger partial charge in [0, 0.05) is 6.42 Å². The minimum Gasteiger partial charge on any atom is -0.481 e. The van der Waals surface area contributed by atoms with E-state index < -0.39 is 5.97 Å². The second-order valence-electron chi connectivity index (χ2n) is 2.02. The molecule has 1 aromatic heterocycles. The number of aliphatic carboxylic acids is 1. The fourth-order valence-electron chi connectivity index (χ4n) is 0.638. The van der Waals surface area contributed by atoms with Crippen molar-refractivity contribution in [3.63, 3.8) is 0 Å². The van der Waals surface area contributed by atoms with Gasteiger partial charge in [-0.15, -0.1) is 5.10 Å². The van der Waals surface area contributed by atoms with E-state index in [1.807, 2.05) is 0 Å². The molecule has 0 radical (unpaired) electrons. The minimum atomic E-state index is -0.891. The summed E-state index contributed by atoms with van der Waals surface area (Å²) < 4.78 is 0. The third kappa shape index (κ3) is 2.24. The summed E-state index contributed by atoms with van der Waals surface area (Å²) in [6.45, 7) is 0. The number of aromatic nitrogens is 3. The molecule has 0 aliphatic carbocycles. The number of carbonyl (C=O) groups is 1. The summed E-state index contributed by atoms with van der Waals surface area (Å²) in [6, 6.07) is 0. The van der Waals surface area contributed by atoms with Crippen LogP contribution in [0.15, 0.2) is 6.20 Å². The second kappa shape index (κ2) is 3.00. The van der Waals surface area contributed by atoms with Gasteiger partial charge >= 0.3 is 5.97 Å². The molecule has 1 heterocycles. The van der Waals surface area contributed by atoms with E-state index in [1.54, 1.807) is 0 Å². The summed E-state index contributed by atoms with van der Waals surface area (Å²) >= 11 is 0. The molecule has 0 aliphatic rings. The Hall–Kier alpha value is -1.59. The first-order valence-corrected chi connectivity index (χ1v) is 3.01. The maximum absolute atomic E-state index is 10.1. The highest BCUT2D eigenvalue weighted by molar-refractivity contribution is 5.66. The van der Waals surface area contributed by atoms with Gasteiger partial charge in [-0.2, -0.15) is 0 Å². The number of hydrogen-bond acceptors (Lipinski definition) is 4. The van der Waals surface area contributed by atoms with E-state index in [0.717, 1.165) is 0 Å². The van der Waals surface area contributed by atoms with Crippen LogP contribution < -0.4 is 0 Å². The molecular formula is C5H7N3O3. The summed E-state index contributed by atoms with van der Waals surface area (Å²) in [5.74, 6) is -0.891. The Morgan fingerprint density at radius 2 is 2.45 bits per heavy atom. The molecule has 0 amide bonds. The van der Waals surface area contributed by atoms with Crippen LogP contribution in [0.25, 0.3) is 0 Å². The van der Waals surface area contributed by atoms with E-state index in [9.17, 15) is 4.79 Å². The molecule has 0 saturated heterocycles. The monoisotopic (exact) mass is 157 g/mol. The minimum absolute atomic E-state index is 0.00130. The molecule has 0 saturated carbocycles. The van der Waals surface area contributed by atoms with Crippen molar-refractivity contribution >= 4 is 5.97 Å². The Bertz CT molecular complexity index is 257. The molecule has 0 spiro atoms. The third-order valence-electron chi connectivity index (χ3n) is 1.12. The molecule has 1 rings (SSSR count). The van der Waals surface area contributed by atoms with Crippen LogP contribution in [0, 0.1) is 0 Å². The molecule has 0 atom stereocenters. The highest BCUT2D eigenvalue weighted by Crippen LogP contribution is 1.95. The van der Waals surface area contributed by atoms with Crippen LogP contribution in [-0.2, 0) is 11.2 Å². The quantitative estimate of drug-likeness (QED) is 0.579. The lowest BCUT2D eigenvalue weighted by atomic mass is 10.2. The van der Waals surface area contributed by atoms with E-state index in [4.69, 9.17) is 10.3 Å². The number of carboxylic acids is 1. The number of hydrogen-bond donors (Lipinski definition) is 2. The highest BCUT2D eigenvalue weighted by atomic mass is 16.5. The maximum Gasteiger partial charge on any atom is 0.303 e. The molecule has 0 bridgehead atoms. The van der Waals surface area contributed by atoms with E-state index in [0.29, 0.717) is 10.5 Å². The Morgan fingerprint density at radius 1 is 1.73 bits per heavy atom. The van der Waals surface area contributed by atoms with Crippen molar-refractivity contribution in [3.05, 3.63) is 11.9 Å². The predicted octanol–water partition coefficient (Wildman–Crippen LogP) is -0.467. The molecule has 6 nitrogen and oxygen atoms in total. The smallest absolute Gasteiger partial charge is 0.303 e. The zero-order valence-corrected chi connectivity index (χ0v) is 5.64. The van der Waals surface area contributed by atoms with E-state index in [-0.39, 0.29) is 12.8 Å².